The van der Waals surface area contributed by atoms with Crippen LogP contribution in [0.4, 0.5) is 0 Å². The van der Waals surface area contributed by atoms with Gasteiger partial charge in [0.05, 0.1) is 12.7 Å². The third-order valence-corrected chi connectivity index (χ3v) is 3.85. The topological polar surface area (TPSA) is 41.5 Å². The van der Waals surface area contributed by atoms with Crippen LogP contribution in [0, 0.1) is 0 Å². The van der Waals surface area contributed by atoms with E-state index in [9.17, 15) is 5.11 Å². The van der Waals surface area contributed by atoms with Crippen molar-refractivity contribution in [3.05, 3.63) is 29.8 Å². The number of benzene rings is 1. The van der Waals surface area contributed by atoms with Gasteiger partial charge in [-0.25, -0.2) is 0 Å². The fourth-order valence-electron chi connectivity index (χ4n) is 2.57. The van der Waals surface area contributed by atoms with Crippen LogP contribution in [0.25, 0.3) is 0 Å². The molecule has 0 heterocycles. The number of hydrogen-bond donors (Lipinski definition) is 2. The molecule has 0 aromatic heterocycles. The molecular weight excluding hydrogens is 214 g/mol. The van der Waals surface area contributed by atoms with Crippen LogP contribution in [0.1, 0.15) is 31.2 Å². The third-order valence-electron chi connectivity index (χ3n) is 3.85. The molecule has 2 N–H and O–H groups in total. The van der Waals surface area contributed by atoms with Crippen LogP contribution < -0.4 is 10.1 Å². The maximum absolute atomic E-state index is 10.7. The lowest BCUT2D eigenvalue weighted by molar-refractivity contribution is -0.00765. The molecule has 17 heavy (non-hydrogen) atoms. The van der Waals surface area contributed by atoms with E-state index in [-0.39, 0.29) is 0 Å². The first-order chi connectivity index (χ1) is 8.18. The van der Waals surface area contributed by atoms with Gasteiger partial charge in [-0.2, -0.15) is 0 Å². The van der Waals surface area contributed by atoms with Crippen molar-refractivity contribution in [2.24, 2.45) is 0 Å². The highest BCUT2D eigenvalue weighted by molar-refractivity contribution is 5.31. The van der Waals surface area contributed by atoms with Gasteiger partial charge in [0.1, 0.15) is 5.75 Å². The zero-order valence-electron chi connectivity index (χ0n) is 10.6. The fourth-order valence-corrected chi connectivity index (χ4v) is 2.57. The molecule has 0 aliphatic heterocycles. The van der Waals surface area contributed by atoms with Gasteiger partial charge in [0.15, 0.2) is 0 Å². The minimum Gasteiger partial charge on any atom is -0.497 e. The lowest BCUT2D eigenvalue weighted by Gasteiger charge is -2.36. The summed E-state index contributed by atoms with van der Waals surface area (Å²) < 4.78 is 5.13. The molecule has 1 aliphatic carbocycles. The molecule has 94 valence electrons. The molecule has 1 saturated carbocycles. The molecule has 3 heteroatoms. The Morgan fingerprint density at radius 1 is 1.24 bits per heavy atom. The Morgan fingerprint density at radius 2 is 1.82 bits per heavy atom. The van der Waals surface area contributed by atoms with E-state index in [2.05, 4.69) is 5.32 Å². The van der Waals surface area contributed by atoms with Crippen molar-refractivity contribution in [2.75, 3.05) is 14.2 Å². The van der Waals surface area contributed by atoms with Gasteiger partial charge in [0, 0.05) is 6.04 Å². The fraction of sp³-hybridized carbons (Fsp3) is 0.571. The van der Waals surface area contributed by atoms with Crippen molar-refractivity contribution in [1.82, 2.24) is 5.32 Å². The lowest BCUT2D eigenvalue weighted by Crippen LogP contribution is -2.38. The Balaban J connectivity index is 2.10. The molecule has 0 unspecified atom stereocenters. The van der Waals surface area contributed by atoms with E-state index in [0.717, 1.165) is 37.0 Å². The Morgan fingerprint density at radius 3 is 2.29 bits per heavy atom. The van der Waals surface area contributed by atoms with Gasteiger partial charge >= 0.3 is 0 Å². The summed E-state index contributed by atoms with van der Waals surface area (Å²) >= 11 is 0. The summed E-state index contributed by atoms with van der Waals surface area (Å²) in [6, 6.07) is 8.32. The molecule has 1 aromatic carbocycles. The molecule has 1 aliphatic rings. The van der Waals surface area contributed by atoms with E-state index in [1.54, 1.807) is 7.11 Å². The Kier molecular flexibility index (Phi) is 3.69. The first-order valence-corrected chi connectivity index (χ1v) is 6.22. The Hall–Kier alpha value is -1.06. The van der Waals surface area contributed by atoms with Crippen LogP contribution in [0.15, 0.2) is 24.3 Å². The monoisotopic (exact) mass is 235 g/mol. The van der Waals surface area contributed by atoms with Gasteiger partial charge in [-0.15, -0.1) is 0 Å². The standard InChI is InChI=1S/C14H21NO2/c1-15-12-7-9-14(16,10-8-12)11-3-5-13(17-2)6-4-11/h3-6,12,15-16H,7-10H2,1-2H3. The number of rotatable bonds is 3. The predicted octanol–water partition coefficient (Wildman–Crippen LogP) is 2.04. The largest absolute Gasteiger partial charge is 0.497 e. The average molecular weight is 235 g/mol. The molecule has 0 bridgehead atoms. The summed E-state index contributed by atoms with van der Waals surface area (Å²) in [4.78, 5) is 0. The van der Waals surface area contributed by atoms with Crippen molar-refractivity contribution in [3.63, 3.8) is 0 Å². The zero-order chi connectivity index (χ0) is 12.3. The molecule has 0 radical (unpaired) electrons. The van der Waals surface area contributed by atoms with E-state index in [1.807, 2.05) is 31.3 Å². The highest BCUT2D eigenvalue weighted by atomic mass is 16.5. The molecule has 0 atom stereocenters. The summed E-state index contributed by atoms with van der Waals surface area (Å²) in [6.45, 7) is 0. The van der Waals surface area contributed by atoms with Gasteiger partial charge in [0.25, 0.3) is 0 Å². The van der Waals surface area contributed by atoms with E-state index in [4.69, 9.17) is 4.74 Å². The molecule has 1 aromatic rings. The summed E-state index contributed by atoms with van der Waals surface area (Å²) in [6.07, 6.45) is 3.70. The van der Waals surface area contributed by atoms with E-state index >= 15 is 0 Å². The third kappa shape index (κ3) is 2.61. The molecule has 1 fully saturated rings. The summed E-state index contributed by atoms with van der Waals surface area (Å²) in [7, 11) is 3.64. The molecule has 3 nitrogen and oxygen atoms in total. The number of aliphatic hydroxyl groups is 1. The van der Waals surface area contributed by atoms with Crippen LogP contribution in [0.5, 0.6) is 5.75 Å². The number of ether oxygens (including phenoxy) is 1. The lowest BCUT2D eigenvalue weighted by atomic mass is 9.78. The first kappa shape index (κ1) is 12.4. The Labute approximate surface area is 103 Å². The van der Waals surface area contributed by atoms with Gasteiger partial charge in [-0.05, 0) is 50.4 Å². The van der Waals surface area contributed by atoms with Crippen molar-refractivity contribution in [2.45, 2.75) is 37.3 Å². The SMILES string of the molecule is CNC1CCC(O)(c2ccc(OC)cc2)CC1. The minimum atomic E-state index is -0.653. The van der Waals surface area contributed by atoms with Crippen molar-refractivity contribution in [3.8, 4) is 5.75 Å². The number of nitrogens with one attached hydrogen (secondary N) is 1. The number of methoxy groups -OCH3 is 1. The van der Waals surface area contributed by atoms with E-state index < -0.39 is 5.60 Å². The summed E-state index contributed by atoms with van der Waals surface area (Å²) in [5.74, 6) is 0.835. The van der Waals surface area contributed by atoms with Crippen LogP contribution in [-0.2, 0) is 5.60 Å². The quantitative estimate of drug-likeness (QED) is 0.842. The Bertz CT molecular complexity index is 353. The minimum absolute atomic E-state index is 0.550. The van der Waals surface area contributed by atoms with Crippen LogP contribution >= 0.6 is 0 Å². The van der Waals surface area contributed by atoms with Crippen LogP contribution in [-0.4, -0.2) is 25.3 Å². The number of hydrogen-bond acceptors (Lipinski definition) is 3. The maximum atomic E-state index is 10.7. The maximum Gasteiger partial charge on any atom is 0.118 e. The summed E-state index contributed by atoms with van der Waals surface area (Å²) in [5.41, 5.74) is 0.354. The van der Waals surface area contributed by atoms with Gasteiger partial charge < -0.3 is 15.2 Å². The second-order valence-corrected chi connectivity index (χ2v) is 4.82. The second-order valence-electron chi connectivity index (χ2n) is 4.82. The highest BCUT2D eigenvalue weighted by Crippen LogP contribution is 2.37. The van der Waals surface area contributed by atoms with Gasteiger partial charge in [-0.3, -0.25) is 0 Å². The first-order valence-electron chi connectivity index (χ1n) is 6.22. The van der Waals surface area contributed by atoms with Gasteiger partial charge in [0.2, 0.25) is 0 Å². The van der Waals surface area contributed by atoms with Crippen molar-refractivity contribution in [1.29, 1.82) is 0 Å². The average Bonchev–Trinajstić information content (AvgIpc) is 2.40. The van der Waals surface area contributed by atoms with Crippen molar-refractivity contribution >= 4 is 0 Å². The van der Waals surface area contributed by atoms with E-state index in [1.165, 1.54) is 0 Å². The molecule has 0 amide bonds. The molecule has 0 spiro atoms. The van der Waals surface area contributed by atoms with E-state index in [0.29, 0.717) is 6.04 Å². The van der Waals surface area contributed by atoms with Crippen LogP contribution in [0.3, 0.4) is 0 Å². The predicted molar refractivity (Wildman–Crippen MR) is 68.2 cm³/mol. The molecular formula is C14H21NO2. The van der Waals surface area contributed by atoms with Crippen LogP contribution in [0.2, 0.25) is 0 Å². The zero-order valence-corrected chi connectivity index (χ0v) is 10.6. The normalized spacial score (nSPS) is 29.0. The van der Waals surface area contributed by atoms with Gasteiger partial charge in [-0.1, -0.05) is 12.1 Å². The molecule has 2 rings (SSSR count). The second kappa shape index (κ2) is 5.07. The summed E-state index contributed by atoms with van der Waals surface area (Å²) in [5, 5.41) is 13.9. The molecule has 0 saturated heterocycles. The smallest absolute Gasteiger partial charge is 0.118 e. The highest BCUT2D eigenvalue weighted by Gasteiger charge is 2.34. The van der Waals surface area contributed by atoms with Crippen molar-refractivity contribution < 1.29 is 9.84 Å².